The fourth-order valence-corrected chi connectivity index (χ4v) is 2.99. The molecule has 0 amide bonds. The van der Waals surface area contributed by atoms with E-state index in [4.69, 9.17) is 0 Å². The fourth-order valence-electron chi connectivity index (χ4n) is 2.99. The van der Waals surface area contributed by atoms with Crippen LogP contribution in [-0.2, 0) is 13.0 Å². The average molecular weight is 274 g/mol. The smallest absolute Gasteiger partial charge is 0.0397 e. The molecule has 2 rings (SSSR count). The third-order valence-corrected chi connectivity index (χ3v) is 4.31. The maximum Gasteiger partial charge on any atom is 0.0397 e. The van der Waals surface area contributed by atoms with Crippen LogP contribution in [0.4, 0.5) is 5.69 Å². The second-order valence-electron chi connectivity index (χ2n) is 6.08. The Morgan fingerprint density at radius 2 is 1.90 bits per heavy atom. The SMILES string of the molecule is CCCCCCCCNCc1ccc2c(c1)CCN2C. The van der Waals surface area contributed by atoms with E-state index in [1.807, 2.05) is 0 Å². The lowest BCUT2D eigenvalue weighted by molar-refractivity contribution is 0.572. The molecule has 1 aliphatic rings. The molecule has 1 aliphatic heterocycles. The van der Waals surface area contributed by atoms with Gasteiger partial charge in [0, 0.05) is 25.8 Å². The van der Waals surface area contributed by atoms with Gasteiger partial charge in [-0.1, -0.05) is 51.2 Å². The molecule has 0 aliphatic carbocycles. The maximum atomic E-state index is 3.58. The number of likely N-dealkylation sites (N-methyl/N-ethyl adjacent to an activating group) is 1. The Balaban J connectivity index is 1.60. The first kappa shape index (κ1) is 15.4. The highest BCUT2D eigenvalue weighted by atomic mass is 15.1. The van der Waals surface area contributed by atoms with Crippen molar-refractivity contribution in [3.63, 3.8) is 0 Å². The topological polar surface area (TPSA) is 15.3 Å². The van der Waals surface area contributed by atoms with Gasteiger partial charge in [0.15, 0.2) is 0 Å². The van der Waals surface area contributed by atoms with Gasteiger partial charge in [0.25, 0.3) is 0 Å². The van der Waals surface area contributed by atoms with Crippen LogP contribution in [0.1, 0.15) is 56.6 Å². The Bertz CT molecular complexity index is 400. The number of hydrogen-bond donors (Lipinski definition) is 1. The summed E-state index contributed by atoms with van der Waals surface area (Å²) < 4.78 is 0. The molecule has 2 heteroatoms. The summed E-state index contributed by atoms with van der Waals surface area (Å²) in [4.78, 5) is 2.35. The van der Waals surface area contributed by atoms with E-state index in [9.17, 15) is 0 Å². The van der Waals surface area contributed by atoms with Crippen molar-refractivity contribution in [1.29, 1.82) is 0 Å². The van der Waals surface area contributed by atoms with Crippen molar-refractivity contribution in [2.24, 2.45) is 0 Å². The highest BCUT2D eigenvalue weighted by Crippen LogP contribution is 2.27. The fraction of sp³-hybridized carbons (Fsp3) is 0.667. The van der Waals surface area contributed by atoms with Crippen LogP contribution in [0.5, 0.6) is 0 Å². The summed E-state index contributed by atoms with van der Waals surface area (Å²) in [6, 6.07) is 6.94. The predicted molar refractivity (Wildman–Crippen MR) is 88.5 cm³/mol. The standard InChI is InChI=1S/C18H30N2/c1-3-4-5-6-7-8-12-19-15-16-9-10-18-17(14-16)11-13-20(18)2/h9-10,14,19H,3-8,11-13,15H2,1-2H3. The third-order valence-electron chi connectivity index (χ3n) is 4.31. The first-order valence-electron chi connectivity index (χ1n) is 8.35. The number of fused-ring (bicyclic) bond motifs is 1. The molecule has 0 spiro atoms. The Morgan fingerprint density at radius 1 is 1.10 bits per heavy atom. The second kappa shape index (κ2) is 8.31. The zero-order valence-electron chi connectivity index (χ0n) is 13.3. The molecule has 0 bridgehead atoms. The van der Waals surface area contributed by atoms with Crippen molar-refractivity contribution < 1.29 is 0 Å². The van der Waals surface area contributed by atoms with Crippen molar-refractivity contribution in [3.8, 4) is 0 Å². The summed E-state index contributed by atoms with van der Waals surface area (Å²) in [5, 5.41) is 3.58. The van der Waals surface area contributed by atoms with Crippen LogP contribution in [0, 0.1) is 0 Å². The molecule has 0 radical (unpaired) electrons. The van der Waals surface area contributed by atoms with Gasteiger partial charge < -0.3 is 10.2 Å². The summed E-state index contributed by atoms with van der Waals surface area (Å²) in [6.07, 6.45) is 9.45. The molecule has 1 N–H and O–H groups in total. The average Bonchev–Trinajstić information content (AvgIpc) is 2.83. The molecule has 1 aromatic carbocycles. The van der Waals surface area contributed by atoms with Crippen molar-refractivity contribution in [2.75, 3.05) is 25.0 Å². The van der Waals surface area contributed by atoms with Gasteiger partial charge in [-0.05, 0) is 36.6 Å². The van der Waals surface area contributed by atoms with E-state index in [0.29, 0.717) is 0 Å². The molecule has 0 unspecified atom stereocenters. The van der Waals surface area contributed by atoms with Crippen molar-refractivity contribution in [3.05, 3.63) is 29.3 Å². The largest absolute Gasteiger partial charge is 0.374 e. The Kier molecular flexibility index (Phi) is 6.38. The summed E-state index contributed by atoms with van der Waals surface area (Å²) in [5.74, 6) is 0. The van der Waals surface area contributed by atoms with Crippen LogP contribution < -0.4 is 10.2 Å². The van der Waals surface area contributed by atoms with Crippen LogP contribution in [0.25, 0.3) is 0 Å². The highest BCUT2D eigenvalue weighted by molar-refractivity contribution is 5.58. The van der Waals surface area contributed by atoms with Gasteiger partial charge in [-0.3, -0.25) is 0 Å². The van der Waals surface area contributed by atoms with Crippen LogP contribution in [0.15, 0.2) is 18.2 Å². The number of unbranched alkanes of at least 4 members (excludes halogenated alkanes) is 5. The number of hydrogen-bond acceptors (Lipinski definition) is 2. The van der Waals surface area contributed by atoms with Gasteiger partial charge in [0.1, 0.15) is 0 Å². The van der Waals surface area contributed by atoms with Crippen LogP contribution in [0.2, 0.25) is 0 Å². The Hall–Kier alpha value is -1.02. The molecule has 0 saturated heterocycles. The summed E-state index contributed by atoms with van der Waals surface area (Å²) >= 11 is 0. The van der Waals surface area contributed by atoms with Crippen LogP contribution >= 0.6 is 0 Å². The van der Waals surface area contributed by atoms with Crippen LogP contribution in [0.3, 0.4) is 0 Å². The minimum Gasteiger partial charge on any atom is -0.374 e. The van der Waals surface area contributed by atoms with Gasteiger partial charge in [-0.25, -0.2) is 0 Å². The summed E-state index contributed by atoms with van der Waals surface area (Å²) in [5.41, 5.74) is 4.38. The van der Waals surface area contributed by atoms with E-state index in [0.717, 1.165) is 13.1 Å². The van der Waals surface area contributed by atoms with Crippen molar-refractivity contribution >= 4 is 5.69 Å². The normalized spacial score (nSPS) is 13.8. The number of rotatable bonds is 9. The number of anilines is 1. The van der Waals surface area contributed by atoms with E-state index in [-0.39, 0.29) is 0 Å². The van der Waals surface area contributed by atoms with E-state index >= 15 is 0 Å². The Morgan fingerprint density at radius 3 is 2.75 bits per heavy atom. The molecule has 0 atom stereocenters. The van der Waals surface area contributed by atoms with Gasteiger partial charge >= 0.3 is 0 Å². The predicted octanol–water partition coefficient (Wildman–Crippen LogP) is 4.13. The molecule has 2 nitrogen and oxygen atoms in total. The molecule has 112 valence electrons. The molecule has 0 aromatic heterocycles. The molecule has 1 aromatic rings. The highest BCUT2D eigenvalue weighted by Gasteiger charge is 2.15. The number of nitrogens with one attached hydrogen (secondary N) is 1. The monoisotopic (exact) mass is 274 g/mol. The van der Waals surface area contributed by atoms with Crippen molar-refractivity contribution in [1.82, 2.24) is 5.32 Å². The maximum absolute atomic E-state index is 3.58. The van der Waals surface area contributed by atoms with Gasteiger partial charge in [-0.2, -0.15) is 0 Å². The van der Waals surface area contributed by atoms with E-state index in [1.165, 1.54) is 68.3 Å². The van der Waals surface area contributed by atoms with Crippen LogP contribution in [-0.4, -0.2) is 20.1 Å². The lowest BCUT2D eigenvalue weighted by Crippen LogP contribution is -2.15. The first-order valence-corrected chi connectivity index (χ1v) is 8.35. The molecule has 20 heavy (non-hydrogen) atoms. The van der Waals surface area contributed by atoms with Gasteiger partial charge in [-0.15, -0.1) is 0 Å². The summed E-state index contributed by atoms with van der Waals surface area (Å²) in [7, 11) is 2.18. The van der Waals surface area contributed by atoms with E-state index in [1.54, 1.807) is 0 Å². The zero-order valence-corrected chi connectivity index (χ0v) is 13.3. The summed E-state index contributed by atoms with van der Waals surface area (Å²) in [6.45, 7) is 5.62. The van der Waals surface area contributed by atoms with Gasteiger partial charge in [0.2, 0.25) is 0 Å². The quantitative estimate of drug-likeness (QED) is 0.681. The molecule has 0 saturated carbocycles. The molecular formula is C18H30N2. The minimum atomic E-state index is 1.02. The first-order chi connectivity index (χ1) is 9.81. The number of benzene rings is 1. The lowest BCUT2D eigenvalue weighted by atomic mass is 10.1. The third kappa shape index (κ3) is 4.52. The lowest BCUT2D eigenvalue weighted by Gasteiger charge is -2.12. The molecular weight excluding hydrogens is 244 g/mol. The minimum absolute atomic E-state index is 1.02. The molecule has 0 fully saturated rings. The Labute approximate surface area is 124 Å². The molecule has 1 heterocycles. The van der Waals surface area contributed by atoms with Gasteiger partial charge in [0.05, 0.1) is 0 Å². The zero-order chi connectivity index (χ0) is 14.2. The van der Waals surface area contributed by atoms with E-state index < -0.39 is 0 Å². The number of nitrogens with zero attached hydrogens (tertiary/aromatic N) is 1. The van der Waals surface area contributed by atoms with E-state index in [2.05, 4.69) is 42.4 Å². The van der Waals surface area contributed by atoms with Crippen molar-refractivity contribution in [2.45, 2.75) is 58.4 Å². The second-order valence-corrected chi connectivity index (χ2v) is 6.08.